The lowest BCUT2D eigenvalue weighted by atomic mass is 10.2. The molecular weight excluding hydrogens is 416 g/mol. The molecule has 1 aromatic rings. The minimum absolute atomic E-state index is 0.335. The first-order valence-electron chi connectivity index (χ1n) is 3.25. The van der Waals surface area contributed by atoms with E-state index in [-0.39, 0.29) is 2.14 Å². The van der Waals surface area contributed by atoms with E-state index in [1.165, 1.54) is 5.56 Å². The average Bonchev–Trinajstić information content (AvgIpc) is 1.92. The molecule has 66 valence electrons. The van der Waals surface area contributed by atoms with Gasteiger partial charge in [0.1, 0.15) is 0 Å². The van der Waals surface area contributed by atoms with Crippen LogP contribution in [0.15, 0.2) is 22.7 Å². The summed E-state index contributed by atoms with van der Waals surface area (Å²) in [5.74, 6) is 0. The number of rotatable bonds is 0. The monoisotopic (exact) mass is 418 g/mol. The third-order valence-corrected chi connectivity index (χ3v) is 3.83. The van der Waals surface area contributed by atoms with Crippen LogP contribution in [-0.2, 0) is 2.14 Å². The van der Waals surface area contributed by atoms with Gasteiger partial charge in [0.2, 0.25) is 0 Å². The molecule has 1 aromatic carbocycles. The van der Waals surface area contributed by atoms with Crippen LogP contribution in [0.25, 0.3) is 0 Å². The van der Waals surface area contributed by atoms with Gasteiger partial charge in [0.15, 0.2) is 2.14 Å². The van der Waals surface area contributed by atoms with Crippen molar-refractivity contribution in [3.63, 3.8) is 0 Å². The zero-order valence-electron chi connectivity index (χ0n) is 6.24. The Bertz CT molecular complexity index is 288. The lowest BCUT2D eigenvalue weighted by molar-refractivity contribution is 1.29. The van der Waals surface area contributed by atoms with Crippen molar-refractivity contribution in [3.8, 4) is 0 Å². The molecule has 0 radical (unpaired) electrons. The summed E-state index contributed by atoms with van der Waals surface area (Å²) in [6.07, 6.45) is 0. The molecule has 0 unspecified atom stereocenters. The van der Waals surface area contributed by atoms with Crippen molar-refractivity contribution >= 4 is 63.7 Å². The van der Waals surface area contributed by atoms with Gasteiger partial charge in [0.25, 0.3) is 0 Å². The van der Waals surface area contributed by atoms with E-state index in [4.69, 9.17) is 0 Å². The molecule has 0 amide bonds. The predicted molar refractivity (Wildman–Crippen MR) is 67.3 cm³/mol. The second-order valence-electron chi connectivity index (χ2n) is 2.43. The zero-order chi connectivity index (χ0) is 9.35. The SMILES string of the molecule is Cc1cccc(C(Br)(Br)Br)c1Br. The summed E-state index contributed by atoms with van der Waals surface area (Å²) < 4.78 is 0.772. The van der Waals surface area contributed by atoms with Gasteiger partial charge in [-0.25, -0.2) is 0 Å². The Hall–Kier alpha value is 1.14. The molecule has 0 spiro atoms. The number of alkyl halides is 3. The first-order valence-corrected chi connectivity index (χ1v) is 6.42. The average molecular weight is 422 g/mol. The molecular formula is C8H6Br4. The topological polar surface area (TPSA) is 0 Å². The standard InChI is InChI=1S/C8H6Br4/c1-5-3-2-4-6(7(5)9)8(10,11)12/h2-4H,1H3. The van der Waals surface area contributed by atoms with Gasteiger partial charge in [-0.05, 0) is 12.5 Å². The van der Waals surface area contributed by atoms with E-state index < -0.39 is 0 Å². The smallest absolute Gasteiger partial charge is 0.0615 e. The summed E-state index contributed by atoms with van der Waals surface area (Å²) in [6.45, 7) is 2.06. The lowest BCUT2D eigenvalue weighted by Gasteiger charge is -2.15. The van der Waals surface area contributed by atoms with Crippen molar-refractivity contribution in [1.29, 1.82) is 0 Å². The predicted octanol–water partition coefficient (Wildman–Crippen LogP) is 5.05. The van der Waals surface area contributed by atoms with E-state index in [1.807, 2.05) is 12.1 Å². The molecule has 0 atom stereocenters. The minimum Gasteiger partial charge on any atom is -0.0615 e. The third-order valence-electron chi connectivity index (χ3n) is 1.50. The maximum absolute atomic E-state index is 3.53. The van der Waals surface area contributed by atoms with Crippen molar-refractivity contribution in [2.75, 3.05) is 0 Å². The van der Waals surface area contributed by atoms with Crippen LogP contribution in [0.2, 0.25) is 0 Å². The van der Waals surface area contributed by atoms with Crippen LogP contribution in [0.3, 0.4) is 0 Å². The quantitative estimate of drug-likeness (QED) is 0.514. The van der Waals surface area contributed by atoms with Crippen LogP contribution in [0, 0.1) is 6.92 Å². The molecule has 0 N–H and O–H groups in total. The fourth-order valence-corrected chi connectivity index (χ4v) is 3.22. The largest absolute Gasteiger partial charge is 0.160 e. The Labute approximate surface area is 106 Å². The highest BCUT2D eigenvalue weighted by atomic mass is 80.0. The van der Waals surface area contributed by atoms with Crippen LogP contribution in [0.5, 0.6) is 0 Å². The normalized spacial score (nSPS) is 11.8. The molecule has 0 saturated carbocycles. The van der Waals surface area contributed by atoms with Crippen LogP contribution < -0.4 is 0 Å². The van der Waals surface area contributed by atoms with Crippen molar-refractivity contribution in [2.24, 2.45) is 0 Å². The first kappa shape index (κ1) is 11.2. The van der Waals surface area contributed by atoms with E-state index in [9.17, 15) is 0 Å². The molecule has 12 heavy (non-hydrogen) atoms. The van der Waals surface area contributed by atoms with Crippen LogP contribution >= 0.6 is 63.7 Å². The molecule has 0 aromatic heterocycles. The molecule has 0 aliphatic rings. The van der Waals surface area contributed by atoms with E-state index in [0.29, 0.717) is 0 Å². The fraction of sp³-hybridized carbons (Fsp3) is 0.250. The highest BCUT2D eigenvalue weighted by molar-refractivity contribution is 9.38. The van der Waals surface area contributed by atoms with Gasteiger partial charge < -0.3 is 0 Å². The number of benzene rings is 1. The lowest BCUT2D eigenvalue weighted by Crippen LogP contribution is -1.99. The van der Waals surface area contributed by atoms with Crippen molar-refractivity contribution < 1.29 is 0 Å². The molecule has 0 fully saturated rings. The molecule has 0 heterocycles. The number of aryl methyl sites for hydroxylation is 1. The summed E-state index contributed by atoms with van der Waals surface area (Å²) in [7, 11) is 0. The number of hydrogen-bond donors (Lipinski definition) is 0. The van der Waals surface area contributed by atoms with Crippen molar-refractivity contribution in [3.05, 3.63) is 33.8 Å². The van der Waals surface area contributed by atoms with Gasteiger partial charge in [-0.2, -0.15) is 0 Å². The van der Waals surface area contributed by atoms with Crippen molar-refractivity contribution in [1.82, 2.24) is 0 Å². The first-order chi connectivity index (χ1) is 5.43. The molecule has 0 saturated heterocycles. The van der Waals surface area contributed by atoms with E-state index >= 15 is 0 Å². The molecule has 4 heteroatoms. The van der Waals surface area contributed by atoms with E-state index in [1.54, 1.807) is 0 Å². The summed E-state index contributed by atoms with van der Waals surface area (Å²) in [6, 6.07) is 6.12. The third kappa shape index (κ3) is 2.56. The van der Waals surface area contributed by atoms with Gasteiger partial charge in [-0.3, -0.25) is 0 Å². The second kappa shape index (κ2) is 4.11. The summed E-state index contributed by atoms with van der Waals surface area (Å²) >= 11 is 14.0. The van der Waals surface area contributed by atoms with Crippen LogP contribution in [0.1, 0.15) is 11.1 Å². The molecule has 1 rings (SSSR count). The van der Waals surface area contributed by atoms with Gasteiger partial charge in [0, 0.05) is 10.0 Å². The maximum Gasteiger partial charge on any atom is 0.160 e. The highest BCUT2D eigenvalue weighted by Crippen LogP contribution is 2.47. The highest BCUT2D eigenvalue weighted by Gasteiger charge is 2.23. The van der Waals surface area contributed by atoms with Crippen molar-refractivity contribution in [2.45, 2.75) is 9.07 Å². The second-order valence-corrected chi connectivity index (χ2v) is 9.99. The minimum atomic E-state index is -0.335. The summed E-state index contributed by atoms with van der Waals surface area (Å²) in [5, 5.41) is 0. The molecule has 0 aliphatic carbocycles. The fourth-order valence-electron chi connectivity index (χ4n) is 0.866. The Morgan fingerprint density at radius 1 is 1.17 bits per heavy atom. The number of halogens is 4. The summed E-state index contributed by atoms with van der Waals surface area (Å²) in [4.78, 5) is 0. The van der Waals surface area contributed by atoms with Gasteiger partial charge in [0.05, 0.1) is 0 Å². The number of hydrogen-bond acceptors (Lipinski definition) is 0. The van der Waals surface area contributed by atoms with Gasteiger partial charge in [-0.1, -0.05) is 81.9 Å². The van der Waals surface area contributed by atoms with Gasteiger partial charge in [-0.15, -0.1) is 0 Å². The van der Waals surface area contributed by atoms with Gasteiger partial charge >= 0.3 is 0 Å². The van der Waals surface area contributed by atoms with E-state index in [2.05, 4.69) is 76.7 Å². The zero-order valence-corrected chi connectivity index (χ0v) is 12.6. The molecule has 0 aliphatic heterocycles. The summed E-state index contributed by atoms with van der Waals surface area (Å²) in [5.41, 5.74) is 2.35. The van der Waals surface area contributed by atoms with Crippen LogP contribution in [0.4, 0.5) is 0 Å². The Kier molecular flexibility index (Phi) is 3.84. The maximum atomic E-state index is 3.53. The Balaban J connectivity index is 3.26. The van der Waals surface area contributed by atoms with Crippen LogP contribution in [-0.4, -0.2) is 0 Å². The molecule has 0 bridgehead atoms. The Morgan fingerprint density at radius 2 is 1.75 bits per heavy atom. The Morgan fingerprint density at radius 3 is 2.17 bits per heavy atom. The molecule has 0 nitrogen and oxygen atoms in total. The van der Waals surface area contributed by atoms with E-state index in [0.717, 1.165) is 10.0 Å².